The Hall–Kier alpha value is -1.70. The number of carbonyl (C=O) groups excluding carboxylic acids is 1. The van der Waals surface area contributed by atoms with Crippen molar-refractivity contribution in [3.63, 3.8) is 0 Å². The third-order valence-electron chi connectivity index (χ3n) is 2.42. The summed E-state index contributed by atoms with van der Waals surface area (Å²) in [6, 6.07) is 1.45. The molecule has 0 saturated carbocycles. The Balaban J connectivity index is 3.05. The zero-order valence-electron chi connectivity index (χ0n) is 10.5. The summed E-state index contributed by atoms with van der Waals surface area (Å²) in [5.74, 6) is -3.62. The molecule has 0 spiro atoms. The lowest BCUT2D eigenvalue weighted by Gasteiger charge is -2.11. The SMILES string of the molecule is CN(C)C(=O)CCS(=O)(=O)c1c(F)cc(N)cc1F. The summed E-state index contributed by atoms with van der Waals surface area (Å²) >= 11 is 0. The average molecular weight is 292 g/mol. The van der Waals surface area contributed by atoms with Crippen LogP contribution in [0.3, 0.4) is 0 Å². The highest BCUT2D eigenvalue weighted by Crippen LogP contribution is 2.23. The van der Waals surface area contributed by atoms with Gasteiger partial charge in [0.05, 0.1) is 5.75 Å². The van der Waals surface area contributed by atoms with E-state index in [1.165, 1.54) is 19.0 Å². The molecule has 1 aromatic rings. The number of hydrogen-bond acceptors (Lipinski definition) is 4. The molecule has 8 heteroatoms. The fraction of sp³-hybridized carbons (Fsp3) is 0.364. The van der Waals surface area contributed by atoms with Crippen LogP contribution in [0.5, 0.6) is 0 Å². The number of sulfone groups is 1. The molecule has 2 N–H and O–H groups in total. The number of nitrogens with two attached hydrogens (primary N) is 1. The predicted octanol–water partition coefficient (Wildman–Crippen LogP) is 0.799. The Bertz CT molecular complexity index is 577. The maximum atomic E-state index is 13.5. The van der Waals surface area contributed by atoms with Crippen molar-refractivity contribution in [2.75, 3.05) is 25.6 Å². The minimum atomic E-state index is -4.22. The van der Waals surface area contributed by atoms with E-state index in [-0.39, 0.29) is 12.1 Å². The highest BCUT2D eigenvalue weighted by molar-refractivity contribution is 7.91. The van der Waals surface area contributed by atoms with Gasteiger partial charge in [0.15, 0.2) is 9.84 Å². The minimum absolute atomic E-state index is 0.210. The molecule has 5 nitrogen and oxygen atoms in total. The Labute approximate surface area is 109 Å². The van der Waals surface area contributed by atoms with Crippen molar-refractivity contribution in [3.8, 4) is 0 Å². The van der Waals surface area contributed by atoms with E-state index >= 15 is 0 Å². The average Bonchev–Trinajstić information content (AvgIpc) is 2.23. The number of nitrogens with zero attached hydrogens (tertiary/aromatic N) is 1. The molecule has 1 aromatic carbocycles. The lowest BCUT2D eigenvalue weighted by Crippen LogP contribution is -2.24. The standard InChI is InChI=1S/C11H14F2N2O3S/c1-15(2)10(16)3-4-19(17,18)11-8(12)5-7(14)6-9(11)13/h5-6H,3-4,14H2,1-2H3. The van der Waals surface area contributed by atoms with Gasteiger partial charge in [0.2, 0.25) is 5.91 Å². The largest absolute Gasteiger partial charge is 0.399 e. The summed E-state index contributed by atoms with van der Waals surface area (Å²) in [5, 5.41) is 0. The van der Waals surface area contributed by atoms with E-state index in [0.29, 0.717) is 0 Å². The second kappa shape index (κ2) is 5.52. The van der Waals surface area contributed by atoms with E-state index in [1.54, 1.807) is 0 Å². The van der Waals surface area contributed by atoms with Gasteiger partial charge >= 0.3 is 0 Å². The van der Waals surface area contributed by atoms with Crippen LogP contribution >= 0.6 is 0 Å². The first kappa shape index (κ1) is 15.4. The Kier molecular flexibility index (Phi) is 4.46. The molecular formula is C11H14F2N2O3S. The van der Waals surface area contributed by atoms with Crippen LogP contribution in [0.4, 0.5) is 14.5 Å². The zero-order chi connectivity index (χ0) is 14.8. The first-order valence-electron chi connectivity index (χ1n) is 5.32. The number of nitrogen functional groups attached to an aromatic ring is 1. The van der Waals surface area contributed by atoms with Crippen LogP contribution in [0.25, 0.3) is 0 Å². The van der Waals surface area contributed by atoms with Gasteiger partial charge in [0, 0.05) is 26.2 Å². The van der Waals surface area contributed by atoms with Gasteiger partial charge in [0.1, 0.15) is 16.5 Å². The van der Waals surface area contributed by atoms with Gasteiger partial charge in [-0.2, -0.15) is 0 Å². The first-order chi connectivity index (χ1) is 8.65. The van der Waals surface area contributed by atoms with Gasteiger partial charge in [-0.25, -0.2) is 17.2 Å². The smallest absolute Gasteiger partial charge is 0.223 e. The van der Waals surface area contributed by atoms with E-state index in [2.05, 4.69) is 0 Å². The van der Waals surface area contributed by atoms with Crippen LogP contribution in [0.1, 0.15) is 6.42 Å². The third-order valence-corrected chi connectivity index (χ3v) is 4.17. The van der Waals surface area contributed by atoms with Crippen molar-refractivity contribution in [2.24, 2.45) is 0 Å². The molecule has 0 aliphatic rings. The predicted molar refractivity (Wildman–Crippen MR) is 66.1 cm³/mol. The second-order valence-electron chi connectivity index (χ2n) is 4.17. The maximum absolute atomic E-state index is 13.5. The quantitative estimate of drug-likeness (QED) is 0.832. The van der Waals surface area contributed by atoms with Crippen LogP contribution in [-0.4, -0.2) is 39.1 Å². The first-order valence-corrected chi connectivity index (χ1v) is 6.98. The van der Waals surface area contributed by atoms with Gasteiger partial charge in [-0.1, -0.05) is 0 Å². The summed E-state index contributed by atoms with van der Waals surface area (Å²) < 4.78 is 50.6. The highest BCUT2D eigenvalue weighted by Gasteiger charge is 2.25. The molecule has 0 atom stereocenters. The molecule has 0 heterocycles. The fourth-order valence-electron chi connectivity index (χ4n) is 1.42. The molecule has 0 aliphatic carbocycles. The van der Waals surface area contributed by atoms with Crippen LogP contribution in [0, 0.1) is 11.6 Å². The summed E-state index contributed by atoms with van der Waals surface area (Å²) in [6.45, 7) is 0. The van der Waals surface area contributed by atoms with Crippen LogP contribution < -0.4 is 5.73 Å². The van der Waals surface area contributed by atoms with E-state index in [4.69, 9.17) is 5.73 Å². The lowest BCUT2D eigenvalue weighted by molar-refractivity contribution is -0.128. The van der Waals surface area contributed by atoms with Gasteiger partial charge in [0.25, 0.3) is 0 Å². The molecule has 0 saturated heterocycles. The molecule has 0 aliphatic heterocycles. The lowest BCUT2D eigenvalue weighted by atomic mass is 10.3. The number of benzene rings is 1. The zero-order valence-corrected chi connectivity index (χ0v) is 11.3. The van der Waals surface area contributed by atoms with E-state index in [9.17, 15) is 22.0 Å². The molecule has 19 heavy (non-hydrogen) atoms. The summed E-state index contributed by atoms with van der Waals surface area (Å²) in [5.41, 5.74) is 4.99. The Morgan fingerprint density at radius 1 is 1.26 bits per heavy atom. The van der Waals surface area contributed by atoms with Crippen molar-refractivity contribution in [1.82, 2.24) is 4.90 Å². The summed E-state index contributed by atoms with van der Waals surface area (Å²) in [4.78, 5) is 11.5. The van der Waals surface area contributed by atoms with E-state index < -0.39 is 38.0 Å². The van der Waals surface area contributed by atoms with E-state index in [1.807, 2.05) is 0 Å². The molecular weight excluding hydrogens is 278 g/mol. The molecule has 0 bridgehead atoms. The highest BCUT2D eigenvalue weighted by atomic mass is 32.2. The summed E-state index contributed by atoms with van der Waals surface area (Å²) in [7, 11) is -1.30. The number of hydrogen-bond donors (Lipinski definition) is 1. The third kappa shape index (κ3) is 3.63. The Morgan fingerprint density at radius 2 is 1.74 bits per heavy atom. The van der Waals surface area contributed by atoms with Gasteiger partial charge < -0.3 is 10.6 Å². The summed E-state index contributed by atoms with van der Waals surface area (Å²) in [6.07, 6.45) is -0.349. The molecule has 0 unspecified atom stereocenters. The van der Waals surface area contributed by atoms with Crippen molar-refractivity contribution in [3.05, 3.63) is 23.8 Å². The number of halogens is 2. The van der Waals surface area contributed by atoms with Crippen molar-refractivity contribution < 1.29 is 22.0 Å². The molecule has 0 fully saturated rings. The van der Waals surface area contributed by atoms with Crippen molar-refractivity contribution in [2.45, 2.75) is 11.3 Å². The second-order valence-corrected chi connectivity index (χ2v) is 6.22. The number of anilines is 1. The maximum Gasteiger partial charge on any atom is 0.223 e. The fourth-order valence-corrected chi connectivity index (χ4v) is 2.78. The molecule has 1 amide bonds. The van der Waals surface area contributed by atoms with Gasteiger partial charge in [-0.15, -0.1) is 0 Å². The number of rotatable bonds is 4. The van der Waals surface area contributed by atoms with Crippen molar-refractivity contribution in [1.29, 1.82) is 0 Å². The van der Waals surface area contributed by atoms with Crippen LogP contribution in [-0.2, 0) is 14.6 Å². The molecule has 0 radical (unpaired) electrons. The number of carbonyl (C=O) groups is 1. The monoisotopic (exact) mass is 292 g/mol. The van der Waals surface area contributed by atoms with Crippen LogP contribution in [0.2, 0.25) is 0 Å². The van der Waals surface area contributed by atoms with E-state index in [0.717, 1.165) is 12.1 Å². The van der Waals surface area contributed by atoms with Gasteiger partial charge in [-0.3, -0.25) is 4.79 Å². The molecule has 0 aromatic heterocycles. The minimum Gasteiger partial charge on any atom is -0.399 e. The molecule has 1 rings (SSSR count). The molecule has 106 valence electrons. The number of amides is 1. The Morgan fingerprint density at radius 3 is 2.16 bits per heavy atom. The van der Waals surface area contributed by atoms with Crippen molar-refractivity contribution >= 4 is 21.4 Å². The van der Waals surface area contributed by atoms with Gasteiger partial charge in [-0.05, 0) is 12.1 Å². The normalized spacial score (nSPS) is 11.4. The topological polar surface area (TPSA) is 80.5 Å². The van der Waals surface area contributed by atoms with Crippen LogP contribution in [0.15, 0.2) is 17.0 Å².